The van der Waals surface area contributed by atoms with Crippen molar-refractivity contribution in [2.75, 3.05) is 7.11 Å². The van der Waals surface area contributed by atoms with Crippen molar-refractivity contribution in [1.82, 2.24) is 0 Å². The van der Waals surface area contributed by atoms with Crippen LogP contribution in [-0.4, -0.2) is 20.9 Å². The second-order valence-electron chi connectivity index (χ2n) is 2.03. The largest absolute Gasteiger partial charge is 0.469 e. The number of rotatable bonds is 4. The monoisotopic (exact) mass is 128 g/mol. The first-order valence-electron chi connectivity index (χ1n) is 3.38. The van der Waals surface area contributed by atoms with Gasteiger partial charge >= 0.3 is 5.97 Å². The Morgan fingerprint density at radius 3 is 2.67 bits per heavy atom. The van der Waals surface area contributed by atoms with Crippen LogP contribution >= 0.6 is 0 Å². The van der Waals surface area contributed by atoms with Gasteiger partial charge in [-0.25, -0.2) is 0 Å². The van der Waals surface area contributed by atoms with Crippen LogP contribution in [0.1, 0.15) is 19.3 Å². The predicted molar refractivity (Wildman–Crippen MR) is 39.2 cm³/mol. The van der Waals surface area contributed by atoms with Gasteiger partial charge in [0.15, 0.2) is 0 Å². The highest BCUT2D eigenvalue weighted by atomic mass is 16.5. The fourth-order valence-corrected chi connectivity index (χ4v) is 0.621. The Bertz CT molecular complexity index is 83.1. The molecule has 0 aliphatic heterocycles. The van der Waals surface area contributed by atoms with Crippen molar-refractivity contribution < 1.29 is 9.53 Å². The number of carbonyl (C=O) groups is 1. The Kier molecular flexibility index (Phi) is 5.37. The lowest BCUT2D eigenvalue weighted by atomic mass is 10.00. The first kappa shape index (κ1) is 8.53. The Hall–Kier alpha value is -0.465. The van der Waals surface area contributed by atoms with Gasteiger partial charge in [0.05, 0.1) is 7.11 Å². The third-order valence-corrected chi connectivity index (χ3v) is 1.21. The molecule has 0 fully saturated rings. The van der Waals surface area contributed by atoms with Crippen LogP contribution in [0, 0.1) is 0 Å². The fourth-order valence-electron chi connectivity index (χ4n) is 0.621. The maximum absolute atomic E-state index is 10.5. The smallest absolute Gasteiger partial charge is 0.305 e. The number of hydrogen-bond donors (Lipinski definition) is 0. The van der Waals surface area contributed by atoms with Crippen molar-refractivity contribution in [1.29, 1.82) is 0 Å². The number of carbonyl (C=O) groups excluding carboxylic acids is 1. The molecule has 0 amide bonds. The Balaban J connectivity index is 2.97. The van der Waals surface area contributed by atoms with Gasteiger partial charge in [0.1, 0.15) is 7.85 Å². The highest BCUT2D eigenvalue weighted by Gasteiger charge is 1.96. The summed E-state index contributed by atoms with van der Waals surface area (Å²) in [5.41, 5.74) is 0. The van der Waals surface area contributed by atoms with Gasteiger partial charge in [-0.15, -0.1) is 0 Å². The highest BCUT2D eigenvalue weighted by Crippen LogP contribution is 1.98. The summed E-state index contributed by atoms with van der Waals surface area (Å²) in [5, 5.41) is 0. The van der Waals surface area contributed by atoms with Crippen LogP contribution in [0.5, 0.6) is 0 Å². The summed E-state index contributed by atoms with van der Waals surface area (Å²) in [5.74, 6) is -0.0940. The molecule has 3 heteroatoms. The summed E-state index contributed by atoms with van der Waals surface area (Å²) >= 11 is 0. The SMILES string of the molecule is BCCCCC(=O)OC. The molecule has 0 aromatic carbocycles. The minimum Gasteiger partial charge on any atom is -0.469 e. The topological polar surface area (TPSA) is 26.3 Å². The molecule has 2 nitrogen and oxygen atoms in total. The lowest BCUT2D eigenvalue weighted by Gasteiger charge is -1.95. The first-order valence-corrected chi connectivity index (χ1v) is 3.38. The average Bonchev–Trinajstić information content (AvgIpc) is 1.89. The molecular weight excluding hydrogens is 115 g/mol. The number of esters is 1. The molecule has 0 radical (unpaired) electrons. The van der Waals surface area contributed by atoms with E-state index in [0.717, 1.165) is 19.2 Å². The van der Waals surface area contributed by atoms with E-state index < -0.39 is 0 Å². The summed E-state index contributed by atoms with van der Waals surface area (Å²) < 4.78 is 4.46. The minimum absolute atomic E-state index is 0.0940. The van der Waals surface area contributed by atoms with E-state index in [2.05, 4.69) is 12.6 Å². The summed E-state index contributed by atoms with van der Waals surface area (Å²) in [6.45, 7) is 0. The quantitative estimate of drug-likeness (QED) is 0.311. The van der Waals surface area contributed by atoms with Gasteiger partial charge in [0.25, 0.3) is 0 Å². The van der Waals surface area contributed by atoms with Crippen molar-refractivity contribution in [3.8, 4) is 0 Å². The maximum atomic E-state index is 10.5. The van der Waals surface area contributed by atoms with Crippen molar-refractivity contribution in [2.45, 2.75) is 25.6 Å². The number of methoxy groups -OCH3 is 1. The summed E-state index contributed by atoms with van der Waals surface area (Å²) in [4.78, 5) is 10.5. The molecular formula is C6H13BO2. The van der Waals surface area contributed by atoms with Crippen LogP contribution in [0.4, 0.5) is 0 Å². The van der Waals surface area contributed by atoms with Gasteiger partial charge in [-0.05, 0) is 6.42 Å². The molecule has 0 atom stereocenters. The molecule has 0 rings (SSSR count). The molecule has 0 aliphatic carbocycles. The van der Waals surface area contributed by atoms with E-state index in [1.807, 2.05) is 0 Å². The molecule has 52 valence electrons. The van der Waals surface area contributed by atoms with Gasteiger partial charge < -0.3 is 4.74 Å². The number of ether oxygens (including phenoxy) is 1. The maximum Gasteiger partial charge on any atom is 0.305 e. The molecule has 0 aliphatic rings. The van der Waals surface area contributed by atoms with E-state index in [4.69, 9.17) is 0 Å². The van der Waals surface area contributed by atoms with Crippen LogP contribution in [0.15, 0.2) is 0 Å². The summed E-state index contributed by atoms with van der Waals surface area (Å²) in [6.07, 6.45) is 3.81. The van der Waals surface area contributed by atoms with Crippen molar-refractivity contribution in [3.63, 3.8) is 0 Å². The van der Waals surface area contributed by atoms with Crippen LogP contribution < -0.4 is 0 Å². The molecule has 9 heavy (non-hydrogen) atoms. The van der Waals surface area contributed by atoms with Crippen molar-refractivity contribution >= 4 is 13.8 Å². The second-order valence-corrected chi connectivity index (χ2v) is 2.03. The Morgan fingerprint density at radius 1 is 1.56 bits per heavy atom. The number of hydrogen-bond acceptors (Lipinski definition) is 2. The number of unbranched alkanes of at least 4 members (excludes halogenated alkanes) is 1. The third kappa shape index (κ3) is 5.41. The summed E-state index contributed by atoms with van der Waals surface area (Å²) in [6, 6.07) is 0. The van der Waals surface area contributed by atoms with Gasteiger partial charge in [0, 0.05) is 6.42 Å². The van der Waals surface area contributed by atoms with Gasteiger partial charge in [-0.1, -0.05) is 12.7 Å². The predicted octanol–water partition coefficient (Wildman–Crippen LogP) is 0.381. The van der Waals surface area contributed by atoms with Crippen molar-refractivity contribution in [2.24, 2.45) is 0 Å². The molecule has 0 bridgehead atoms. The fraction of sp³-hybridized carbons (Fsp3) is 0.833. The lowest BCUT2D eigenvalue weighted by Crippen LogP contribution is -1.98. The molecule has 0 aromatic rings. The van der Waals surface area contributed by atoms with Gasteiger partial charge in [-0.3, -0.25) is 4.79 Å². The zero-order valence-corrected chi connectivity index (χ0v) is 6.14. The minimum atomic E-state index is -0.0940. The summed E-state index contributed by atoms with van der Waals surface area (Å²) in [7, 11) is 3.53. The van der Waals surface area contributed by atoms with E-state index in [1.54, 1.807) is 0 Å². The highest BCUT2D eigenvalue weighted by molar-refractivity contribution is 6.08. The second kappa shape index (κ2) is 5.67. The molecule has 0 spiro atoms. The normalized spacial score (nSPS) is 9.00. The van der Waals surface area contributed by atoms with E-state index in [-0.39, 0.29) is 5.97 Å². The van der Waals surface area contributed by atoms with Gasteiger partial charge in [0.2, 0.25) is 0 Å². The average molecular weight is 128 g/mol. The van der Waals surface area contributed by atoms with E-state index >= 15 is 0 Å². The third-order valence-electron chi connectivity index (χ3n) is 1.21. The Labute approximate surface area is 57.0 Å². The van der Waals surface area contributed by atoms with Crippen LogP contribution in [0.3, 0.4) is 0 Å². The zero-order chi connectivity index (χ0) is 7.11. The van der Waals surface area contributed by atoms with Crippen LogP contribution in [0.25, 0.3) is 0 Å². The molecule has 0 aromatic heterocycles. The molecule has 0 saturated carbocycles. The van der Waals surface area contributed by atoms with E-state index in [1.165, 1.54) is 7.11 Å². The first-order chi connectivity index (χ1) is 4.31. The molecule has 0 saturated heterocycles. The Morgan fingerprint density at radius 2 is 2.22 bits per heavy atom. The van der Waals surface area contributed by atoms with Gasteiger partial charge in [-0.2, -0.15) is 0 Å². The van der Waals surface area contributed by atoms with Crippen LogP contribution in [0.2, 0.25) is 6.32 Å². The van der Waals surface area contributed by atoms with E-state index in [0.29, 0.717) is 6.42 Å². The van der Waals surface area contributed by atoms with Crippen LogP contribution in [-0.2, 0) is 9.53 Å². The zero-order valence-electron chi connectivity index (χ0n) is 6.14. The molecule has 0 unspecified atom stereocenters. The standard InChI is InChI=1S/C6H13BO2/c1-9-6(8)4-2-3-5-7/h2-5,7H2,1H3. The lowest BCUT2D eigenvalue weighted by molar-refractivity contribution is -0.140. The molecule has 0 heterocycles. The van der Waals surface area contributed by atoms with Crippen molar-refractivity contribution in [3.05, 3.63) is 0 Å². The molecule has 0 N–H and O–H groups in total. The van der Waals surface area contributed by atoms with E-state index in [9.17, 15) is 4.79 Å².